The molecule has 1 N–H and O–H groups in total. The van der Waals surface area contributed by atoms with E-state index in [0.717, 1.165) is 0 Å². The van der Waals surface area contributed by atoms with Gasteiger partial charge in [0.25, 0.3) is 0 Å². The first-order valence-electron chi connectivity index (χ1n) is 4.92. The summed E-state index contributed by atoms with van der Waals surface area (Å²) in [4.78, 5) is 10.9. The molecule has 9 heteroatoms. The quantitative estimate of drug-likeness (QED) is 0.921. The third kappa shape index (κ3) is 5.48. The monoisotopic (exact) mass is 315 g/mol. The predicted molar refractivity (Wildman–Crippen MR) is 62.6 cm³/mol. The van der Waals surface area contributed by atoms with E-state index in [2.05, 4.69) is 0 Å². The molecular weight excluding hydrogens is 307 g/mol. The summed E-state index contributed by atoms with van der Waals surface area (Å²) in [6, 6.07) is 4.97. The Morgan fingerprint density at radius 3 is 2.21 bits per heavy atom. The maximum absolute atomic E-state index is 11.8. The van der Waals surface area contributed by atoms with E-state index in [9.17, 15) is 26.4 Å². The van der Waals surface area contributed by atoms with Gasteiger partial charge in [-0.1, -0.05) is 11.6 Å². The van der Waals surface area contributed by atoms with Crippen LogP contribution in [0.1, 0.15) is 0 Å². The maximum atomic E-state index is 11.8. The van der Waals surface area contributed by atoms with E-state index >= 15 is 0 Å². The van der Waals surface area contributed by atoms with Crippen molar-refractivity contribution in [1.82, 2.24) is 5.32 Å². The third-order valence-corrected chi connectivity index (χ3v) is 3.86. The van der Waals surface area contributed by atoms with Gasteiger partial charge in [-0.3, -0.25) is 4.79 Å². The van der Waals surface area contributed by atoms with Crippen molar-refractivity contribution in [2.24, 2.45) is 0 Å². The molecule has 0 spiro atoms. The topological polar surface area (TPSA) is 63.2 Å². The normalized spacial score (nSPS) is 12.2. The van der Waals surface area contributed by atoms with Gasteiger partial charge in [-0.25, -0.2) is 8.42 Å². The Morgan fingerprint density at radius 1 is 1.21 bits per heavy atom. The van der Waals surface area contributed by atoms with Crippen molar-refractivity contribution in [2.45, 2.75) is 11.1 Å². The van der Waals surface area contributed by atoms with Crippen LogP contribution in [0.15, 0.2) is 29.2 Å². The van der Waals surface area contributed by atoms with E-state index in [4.69, 9.17) is 11.6 Å². The van der Waals surface area contributed by atoms with Crippen molar-refractivity contribution in [2.75, 3.05) is 12.3 Å². The number of carbonyl (C=O) groups is 1. The van der Waals surface area contributed by atoms with Gasteiger partial charge >= 0.3 is 6.18 Å². The molecule has 106 valence electrons. The number of benzene rings is 1. The molecule has 0 saturated carbocycles. The van der Waals surface area contributed by atoms with Crippen molar-refractivity contribution in [3.05, 3.63) is 29.3 Å². The number of nitrogens with one attached hydrogen (secondary N) is 1. The van der Waals surface area contributed by atoms with Crippen LogP contribution >= 0.6 is 11.6 Å². The van der Waals surface area contributed by atoms with Gasteiger partial charge in [0, 0.05) is 5.02 Å². The van der Waals surface area contributed by atoms with Crippen molar-refractivity contribution < 1.29 is 26.4 Å². The number of carbonyl (C=O) groups excluding carboxylic acids is 1. The van der Waals surface area contributed by atoms with Crippen LogP contribution in [0.2, 0.25) is 5.02 Å². The molecule has 0 aliphatic rings. The lowest BCUT2D eigenvalue weighted by molar-refractivity contribution is -0.137. The molecule has 0 aliphatic heterocycles. The van der Waals surface area contributed by atoms with E-state index in [-0.39, 0.29) is 4.90 Å². The van der Waals surface area contributed by atoms with E-state index in [1.165, 1.54) is 29.6 Å². The van der Waals surface area contributed by atoms with Crippen molar-refractivity contribution in [1.29, 1.82) is 0 Å². The molecule has 0 unspecified atom stereocenters. The number of hydrogen-bond donors (Lipinski definition) is 1. The predicted octanol–water partition coefficient (Wildman–Crippen LogP) is 1.79. The van der Waals surface area contributed by atoms with Gasteiger partial charge in [-0.05, 0) is 24.3 Å². The van der Waals surface area contributed by atoms with Crippen LogP contribution in [0.25, 0.3) is 0 Å². The lowest BCUT2D eigenvalue weighted by atomic mass is 10.4. The molecule has 1 aromatic carbocycles. The number of hydrogen-bond acceptors (Lipinski definition) is 3. The molecule has 0 aromatic heterocycles. The molecule has 19 heavy (non-hydrogen) atoms. The van der Waals surface area contributed by atoms with Crippen LogP contribution in [0.3, 0.4) is 0 Å². The summed E-state index contributed by atoms with van der Waals surface area (Å²) in [6.07, 6.45) is -4.58. The molecule has 0 radical (unpaired) electrons. The van der Waals surface area contributed by atoms with E-state index < -0.39 is 34.2 Å². The summed E-state index contributed by atoms with van der Waals surface area (Å²) in [6.45, 7) is -1.57. The first-order chi connectivity index (χ1) is 8.60. The highest BCUT2D eigenvalue weighted by atomic mass is 35.5. The first-order valence-corrected chi connectivity index (χ1v) is 6.95. The Balaban J connectivity index is 2.70. The molecule has 0 atom stereocenters. The number of halogens is 4. The minimum atomic E-state index is -4.58. The molecule has 4 nitrogen and oxygen atoms in total. The zero-order valence-electron chi connectivity index (χ0n) is 9.37. The SMILES string of the molecule is O=C(CS(=O)(=O)c1ccc(Cl)cc1)NCC(F)(F)F. The number of amides is 1. The van der Waals surface area contributed by atoms with Gasteiger partial charge in [-0.2, -0.15) is 13.2 Å². The molecule has 0 aliphatic carbocycles. The fourth-order valence-corrected chi connectivity index (χ4v) is 2.44. The molecule has 1 aromatic rings. The fraction of sp³-hybridized carbons (Fsp3) is 0.300. The summed E-state index contributed by atoms with van der Waals surface area (Å²) >= 11 is 5.57. The molecule has 0 heterocycles. The summed E-state index contributed by atoms with van der Waals surface area (Å²) in [5, 5.41) is 1.80. The Morgan fingerprint density at radius 2 is 1.74 bits per heavy atom. The molecule has 0 fully saturated rings. The van der Waals surface area contributed by atoms with Crippen LogP contribution in [0.5, 0.6) is 0 Å². The van der Waals surface area contributed by atoms with E-state index in [1.807, 2.05) is 0 Å². The fourth-order valence-electron chi connectivity index (χ4n) is 1.15. The Kier molecular flexibility index (Phi) is 4.81. The van der Waals surface area contributed by atoms with Gasteiger partial charge < -0.3 is 5.32 Å². The van der Waals surface area contributed by atoms with Gasteiger partial charge in [0.15, 0.2) is 9.84 Å². The molecule has 1 amide bonds. The second-order valence-electron chi connectivity index (χ2n) is 3.60. The van der Waals surface area contributed by atoms with E-state index in [1.54, 1.807) is 0 Å². The summed E-state index contributed by atoms with van der Waals surface area (Å²) < 4.78 is 58.9. The minimum Gasteiger partial charge on any atom is -0.346 e. The van der Waals surface area contributed by atoms with Crippen LogP contribution in [0, 0.1) is 0 Å². The highest BCUT2D eigenvalue weighted by Crippen LogP contribution is 2.16. The number of alkyl halides is 3. The van der Waals surface area contributed by atoms with Crippen LogP contribution in [-0.2, 0) is 14.6 Å². The minimum absolute atomic E-state index is 0.181. The molecule has 0 bridgehead atoms. The first kappa shape index (κ1) is 15.8. The maximum Gasteiger partial charge on any atom is 0.405 e. The highest BCUT2D eigenvalue weighted by Gasteiger charge is 2.29. The highest BCUT2D eigenvalue weighted by molar-refractivity contribution is 7.92. The average molecular weight is 316 g/mol. The zero-order valence-corrected chi connectivity index (χ0v) is 10.9. The van der Waals surface area contributed by atoms with Crippen LogP contribution in [-0.4, -0.2) is 32.8 Å². The molecule has 1 rings (SSSR count). The largest absolute Gasteiger partial charge is 0.405 e. The van der Waals surface area contributed by atoms with Gasteiger partial charge in [0.05, 0.1) is 4.90 Å². The lowest BCUT2D eigenvalue weighted by Gasteiger charge is -2.08. The summed E-state index contributed by atoms with van der Waals surface area (Å²) in [7, 11) is -3.98. The Bertz CT molecular complexity index is 554. The number of rotatable bonds is 4. The van der Waals surface area contributed by atoms with Gasteiger partial charge in [0.2, 0.25) is 5.91 Å². The molecule has 0 saturated heterocycles. The van der Waals surface area contributed by atoms with Gasteiger partial charge in [-0.15, -0.1) is 0 Å². The van der Waals surface area contributed by atoms with Crippen molar-refractivity contribution in [3.8, 4) is 0 Å². The van der Waals surface area contributed by atoms with Crippen molar-refractivity contribution >= 4 is 27.3 Å². The third-order valence-electron chi connectivity index (χ3n) is 1.98. The number of sulfone groups is 1. The lowest BCUT2D eigenvalue weighted by Crippen LogP contribution is -2.37. The van der Waals surface area contributed by atoms with Crippen LogP contribution < -0.4 is 5.32 Å². The van der Waals surface area contributed by atoms with Crippen molar-refractivity contribution in [3.63, 3.8) is 0 Å². The average Bonchev–Trinajstić information content (AvgIpc) is 2.25. The summed E-state index contributed by atoms with van der Waals surface area (Å²) in [5.41, 5.74) is 0. The van der Waals surface area contributed by atoms with E-state index in [0.29, 0.717) is 5.02 Å². The smallest absolute Gasteiger partial charge is 0.346 e. The molecular formula is C10H9ClF3NO3S. The van der Waals surface area contributed by atoms with Crippen LogP contribution in [0.4, 0.5) is 13.2 Å². The standard InChI is InChI=1S/C10H9ClF3NO3S/c11-7-1-3-8(4-2-7)19(17,18)5-9(16)15-6-10(12,13)14/h1-4H,5-6H2,(H,15,16). The second kappa shape index (κ2) is 5.79. The zero-order chi connectivity index (χ0) is 14.7. The Labute approximate surface area is 112 Å². The van der Waals surface area contributed by atoms with Gasteiger partial charge in [0.1, 0.15) is 12.3 Å². The Hall–Kier alpha value is -1.28. The summed E-state index contributed by atoms with van der Waals surface area (Å²) in [5.74, 6) is -2.27. The second-order valence-corrected chi connectivity index (χ2v) is 6.03.